The second-order valence-electron chi connectivity index (χ2n) is 7.78. The van der Waals surface area contributed by atoms with Crippen molar-refractivity contribution >= 4 is 29.7 Å². The van der Waals surface area contributed by atoms with Crippen molar-refractivity contribution < 1.29 is 44.4 Å². The number of hydrogen-bond acceptors (Lipinski definition) is 8. The maximum atomic E-state index is 11.9. The summed E-state index contributed by atoms with van der Waals surface area (Å²) in [5.74, 6) is -4.82. The molecule has 2 unspecified atom stereocenters. The lowest BCUT2D eigenvalue weighted by molar-refractivity contribution is -0.144. The maximum absolute atomic E-state index is 11.9. The molecule has 0 spiro atoms. The van der Waals surface area contributed by atoms with Crippen LogP contribution in [0.4, 0.5) is 0 Å². The van der Waals surface area contributed by atoms with E-state index < -0.39 is 56.1 Å². The summed E-state index contributed by atoms with van der Waals surface area (Å²) in [7, 11) is 0. The minimum absolute atomic E-state index is 0.0170. The molecule has 31 heavy (non-hydrogen) atoms. The third-order valence-electron chi connectivity index (χ3n) is 5.16. The van der Waals surface area contributed by atoms with Crippen LogP contribution < -0.4 is 0 Å². The number of carbonyl (C=O) groups is 5. The molecule has 1 aliphatic carbocycles. The highest BCUT2D eigenvalue weighted by Gasteiger charge is 2.36. The predicted octanol–water partition coefficient (Wildman–Crippen LogP) is -0.869. The Kier molecular flexibility index (Phi) is 11.1. The molecule has 2 atom stereocenters. The van der Waals surface area contributed by atoms with Gasteiger partial charge in [-0.15, -0.1) is 0 Å². The van der Waals surface area contributed by atoms with Crippen molar-refractivity contribution in [3.05, 3.63) is 0 Å². The lowest BCUT2D eigenvalue weighted by Gasteiger charge is -2.44. The van der Waals surface area contributed by atoms with Gasteiger partial charge in [0, 0.05) is 25.2 Å². The second kappa shape index (κ2) is 13.0. The van der Waals surface area contributed by atoms with E-state index in [1.165, 1.54) is 16.7 Å². The number of ketones is 1. The molecular formula is C19H31N3O9. The summed E-state index contributed by atoms with van der Waals surface area (Å²) in [4.78, 5) is 61.0. The third-order valence-corrected chi connectivity index (χ3v) is 5.16. The Balaban J connectivity index is 3.06. The number of hydrogen-bond donors (Lipinski definition) is 4. The number of carbonyl (C=O) groups excluding carboxylic acids is 1. The fourth-order valence-electron chi connectivity index (χ4n) is 4.10. The van der Waals surface area contributed by atoms with Crippen LogP contribution in [0.5, 0.6) is 0 Å². The topological polar surface area (TPSA) is 176 Å². The van der Waals surface area contributed by atoms with Crippen molar-refractivity contribution in [3.8, 4) is 0 Å². The zero-order valence-corrected chi connectivity index (χ0v) is 17.6. The average molecular weight is 445 g/mol. The van der Waals surface area contributed by atoms with Gasteiger partial charge in [-0.3, -0.25) is 38.7 Å². The molecule has 0 amide bonds. The summed E-state index contributed by atoms with van der Waals surface area (Å²) in [6, 6.07) is -0.722. The Morgan fingerprint density at radius 1 is 0.645 bits per heavy atom. The third kappa shape index (κ3) is 10.3. The fourth-order valence-corrected chi connectivity index (χ4v) is 4.10. The summed E-state index contributed by atoms with van der Waals surface area (Å²) in [6.07, 6.45) is 2.78. The summed E-state index contributed by atoms with van der Waals surface area (Å²) in [6.45, 7) is -0.178. The molecule has 1 rings (SSSR count). The van der Waals surface area contributed by atoms with E-state index in [-0.39, 0.29) is 31.5 Å². The second-order valence-corrected chi connectivity index (χ2v) is 7.78. The Bertz CT molecular complexity index is 638. The van der Waals surface area contributed by atoms with Gasteiger partial charge in [-0.1, -0.05) is 12.8 Å². The molecule has 0 aliphatic heterocycles. The molecule has 176 valence electrons. The Labute approximate surface area is 180 Å². The van der Waals surface area contributed by atoms with Gasteiger partial charge in [-0.05, 0) is 19.8 Å². The van der Waals surface area contributed by atoms with E-state index in [0.29, 0.717) is 12.8 Å². The molecule has 12 nitrogen and oxygen atoms in total. The molecule has 4 N–H and O–H groups in total. The van der Waals surface area contributed by atoms with Crippen molar-refractivity contribution in [2.24, 2.45) is 0 Å². The highest BCUT2D eigenvalue weighted by molar-refractivity contribution is 5.77. The lowest BCUT2D eigenvalue weighted by Crippen LogP contribution is -2.57. The van der Waals surface area contributed by atoms with Gasteiger partial charge >= 0.3 is 23.9 Å². The molecular weight excluding hydrogens is 414 g/mol. The molecule has 0 heterocycles. The number of carboxylic acids is 4. The first-order valence-electron chi connectivity index (χ1n) is 10.1. The SMILES string of the molecule is CC(=O)CN(CCN(CC(=O)O)CC(=O)O)C1CCCCC1N(CC(=O)O)CC(=O)O. The molecule has 0 radical (unpaired) electrons. The van der Waals surface area contributed by atoms with Crippen LogP contribution in [0.1, 0.15) is 32.6 Å². The van der Waals surface area contributed by atoms with E-state index in [1.807, 2.05) is 0 Å². The fraction of sp³-hybridized carbons (Fsp3) is 0.737. The van der Waals surface area contributed by atoms with Gasteiger partial charge in [0.2, 0.25) is 0 Å². The van der Waals surface area contributed by atoms with Gasteiger partial charge in [0.05, 0.1) is 32.7 Å². The van der Waals surface area contributed by atoms with Gasteiger partial charge in [0.15, 0.2) is 0 Å². The minimum atomic E-state index is -1.18. The Hall–Kier alpha value is -2.57. The molecule has 0 bridgehead atoms. The van der Waals surface area contributed by atoms with Crippen LogP contribution in [-0.4, -0.2) is 123 Å². The van der Waals surface area contributed by atoms with Crippen LogP contribution in [-0.2, 0) is 24.0 Å². The minimum Gasteiger partial charge on any atom is -0.480 e. The number of rotatable bonds is 15. The molecule has 0 aromatic carbocycles. The van der Waals surface area contributed by atoms with E-state index in [0.717, 1.165) is 12.8 Å². The molecule has 1 fully saturated rings. The molecule has 12 heteroatoms. The van der Waals surface area contributed by atoms with E-state index in [9.17, 15) is 34.2 Å². The quantitative estimate of drug-likeness (QED) is 0.245. The summed E-state index contributed by atoms with van der Waals surface area (Å²) in [5.41, 5.74) is 0. The smallest absolute Gasteiger partial charge is 0.317 e. The first-order chi connectivity index (χ1) is 14.5. The number of nitrogens with zero attached hydrogens (tertiary/aromatic N) is 3. The average Bonchev–Trinajstić information content (AvgIpc) is 2.62. The predicted molar refractivity (Wildman–Crippen MR) is 107 cm³/mol. The van der Waals surface area contributed by atoms with Crippen LogP contribution in [0, 0.1) is 0 Å². The van der Waals surface area contributed by atoms with E-state index in [2.05, 4.69) is 0 Å². The monoisotopic (exact) mass is 445 g/mol. The van der Waals surface area contributed by atoms with Gasteiger partial charge in [-0.2, -0.15) is 0 Å². The molecule has 1 saturated carbocycles. The van der Waals surface area contributed by atoms with Gasteiger partial charge in [-0.25, -0.2) is 0 Å². The largest absolute Gasteiger partial charge is 0.480 e. The summed E-state index contributed by atoms with van der Waals surface area (Å²) < 4.78 is 0. The Morgan fingerprint density at radius 2 is 1.06 bits per heavy atom. The van der Waals surface area contributed by atoms with Crippen molar-refractivity contribution in [2.75, 3.05) is 45.8 Å². The summed E-state index contributed by atoms with van der Waals surface area (Å²) >= 11 is 0. The first-order valence-corrected chi connectivity index (χ1v) is 10.1. The first kappa shape index (κ1) is 26.5. The van der Waals surface area contributed by atoms with Crippen LogP contribution in [0.15, 0.2) is 0 Å². The zero-order chi connectivity index (χ0) is 23.6. The van der Waals surface area contributed by atoms with Gasteiger partial charge in [0.25, 0.3) is 0 Å². The zero-order valence-electron chi connectivity index (χ0n) is 17.6. The number of Topliss-reactive ketones (excluding diaryl/α,β-unsaturated/α-hetero) is 1. The highest BCUT2D eigenvalue weighted by Crippen LogP contribution is 2.27. The maximum Gasteiger partial charge on any atom is 0.317 e. The lowest BCUT2D eigenvalue weighted by atomic mass is 9.87. The molecule has 1 aliphatic rings. The van der Waals surface area contributed by atoms with E-state index in [4.69, 9.17) is 10.2 Å². The molecule has 0 saturated heterocycles. The highest BCUT2D eigenvalue weighted by atomic mass is 16.4. The van der Waals surface area contributed by atoms with Gasteiger partial charge in [0.1, 0.15) is 5.78 Å². The standard InChI is InChI=1S/C19H31N3O9/c1-13(23)8-21(7-6-20(9-16(24)25)10-17(26)27)14-4-2-3-5-15(14)22(11-18(28)29)12-19(30)31/h14-15H,2-12H2,1H3,(H,24,25)(H,26,27)(H,28,29)(H,30,31). The van der Waals surface area contributed by atoms with Crippen molar-refractivity contribution in [2.45, 2.75) is 44.7 Å². The molecule has 0 aromatic heterocycles. The van der Waals surface area contributed by atoms with Crippen LogP contribution >= 0.6 is 0 Å². The molecule has 0 aromatic rings. The Morgan fingerprint density at radius 3 is 1.45 bits per heavy atom. The normalized spacial score (nSPS) is 19.0. The van der Waals surface area contributed by atoms with E-state index in [1.54, 1.807) is 4.90 Å². The van der Waals surface area contributed by atoms with Crippen molar-refractivity contribution in [1.29, 1.82) is 0 Å². The van der Waals surface area contributed by atoms with Crippen LogP contribution in [0.25, 0.3) is 0 Å². The number of carboxylic acid groups (broad SMARTS) is 4. The van der Waals surface area contributed by atoms with Crippen molar-refractivity contribution in [1.82, 2.24) is 14.7 Å². The summed E-state index contributed by atoms with van der Waals surface area (Å²) in [5, 5.41) is 36.5. The van der Waals surface area contributed by atoms with Crippen molar-refractivity contribution in [3.63, 3.8) is 0 Å². The van der Waals surface area contributed by atoms with Crippen LogP contribution in [0.3, 0.4) is 0 Å². The van der Waals surface area contributed by atoms with E-state index >= 15 is 0 Å². The number of aliphatic carboxylic acids is 4. The van der Waals surface area contributed by atoms with Crippen LogP contribution in [0.2, 0.25) is 0 Å². The van der Waals surface area contributed by atoms with Gasteiger partial charge < -0.3 is 20.4 Å².